The summed E-state index contributed by atoms with van der Waals surface area (Å²) < 4.78 is 5.35. The smallest absolute Gasteiger partial charge is 0.340 e. The molecule has 0 fully saturated rings. The number of aromatic nitrogens is 1. The Morgan fingerprint density at radius 2 is 2.08 bits per heavy atom. The first kappa shape index (κ1) is 17.4. The quantitative estimate of drug-likeness (QED) is 0.760. The van der Waals surface area contributed by atoms with Gasteiger partial charge in [0.1, 0.15) is 6.07 Å². The van der Waals surface area contributed by atoms with Crippen molar-refractivity contribution in [2.75, 3.05) is 0 Å². The normalized spacial score (nSPS) is 18.3. The lowest BCUT2D eigenvalue weighted by molar-refractivity contribution is 0.0435. The van der Waals surface area contributed by atoms with Gasteiger partial charge in [-0.25, -0.2) is 4.79 Å². The molecule has 3 rings (SSSR count). The van der Waals surface area contributed by atoms with Crippen molar-refractivity contribution in [3.8, 4) is 6.07 Å². The van der Waals surface area contributed by atoms with Gasteiger partial charge >= 0.3 is 5.97 Å². The van der Waals surface area contributed by atoms with E-state index in [1.807, 2.05) is 30.3 Å². The van der Waals surface area contributed by atoms with E-state index in [9.17, 15) is 4.79 Å². The molecule has 130 valence electrons. The van der Waals surface area contributed by atoms with Gasteiger partial charge in [-0.05, 0) is 49.1 Å². The second kappa shape index (κ2) is 6.48. The molecule has 1 aliphatic carbocycles. The third-order valence-electron chi connectivity index (χ3n) is 5.15. The first-order chi connectivity index (χ1) is 11.8. The third-order valence-corrected chi connectivity index (χ3v) is 5.15. The number of rotatable bonds is 2. The van der Waals surface area contributed by atoms with Crippen LogP contribution in [0.1, 0.15) is 55.7 Å². The lowest BCUT2D eigenvalue weighted by Gasteiger charge is -2.35. The van der Waals surface area contributed by atoms with Crippen molar-refractivity contribution in [2.45, 2.75) is 53.1 Å². The number of nitrogens with zero attached hydrogens (tertiary/aromatic N) is 2. The standard InChI is InChI=1S/C21H24N2O2/c1-13(12-22)25-20(24)19-15-7-5-6-8-17(15)23-18-10-9-14(11-16(18)19)21(2,3)4/h5-8,13-14H,9-11H2,1-4H3/t13-,14+/m0/s1. The summed E-state index contributed by atoms with van der Waals surface area (Å²) in [7, 11) is 0. The molecule has 0 N–H and O–H groups in total. The van der Waals surface area contributed by atoms with Crippen molar-refractivity contribution in [3.05, 3.63) is 41.1 Å². The Kier molecular flexibility index (Phi) is 4.51. The molecule has 0 spiro atoms. The molecule has 1 heterocycles. The average Bonchev–Trinajstić information content (AvgIpc) is 2.57. The summed E-state index contributed by atoms with van der Waals surface area (Å²) in [4.78, 5) is 17.7. The number of benzene rings is 1. The number of carbonyl (C=O) groups excluding carboxylic acids is 1. The minimum atomic E-state index is -0.767. The number of aryl methyl sites for hydroxylation is 1. The second-order valence-electron chi connectivity index (χ2n) is 7.91. The molecule has 2 aromatic rings. The van der Waals surface area contributed by atoms with Gasteiger partial charge in [-0.3, -0.25) is 4.98 Å². The summed E-state index contributed by atoms with van der Waals surface area (Å²) in [5, 5.41) is 9.80. The average molecular weight is 336 g/mol. The van der Waals surface area contributed by atoms with E-state index in [4.69, 9.17) is 15.0 Å². The Hall–Kier alpha value is -2.41. The first-order valence-electron chi connectivity index (χ1n) is 8.82. The highest BCUT2D eigenvalue weighted by Crippen LogP contribution is 2.39. The molecular weight excluding hydrogens is 312 g/mol. The molecule has 4 heteroatoms. The van der Waals surface area contributed by atoms with Crippen LogP contribution in [0.2, 0.25) is 0 Å². The summed E-state index contributed by atoms with van der Waals surface area (Å²) in [5.41, 5.74) is 3.57. The minimum absolute atomic E-state index is 0.171. The van der Waals surface area contributed by atoms with Crippen LogP contribution in [0.3, 0.4) is 0 Å². The van der Waals surface area contributed by atoms with Crippen LogP contribution < -0.4 is 0 Å². The predicted octanol–water partition coefficient (Wildman–Crippen LogP) is 4.45. The van der Waals surface area contributed by atoms with Gasteiger partial charge in [0.2, 0.25) is 0 Å². The highest BCUT2D eigenvalue weighted by atomic mass is 16.5. The topological polar surface area (TPSA) is 63.0 Å². The van der Waals surface area contributed by atoms with Crippen LogP contribution in [-0.2, 0) is 17.6 Å². The molecular formula is C21H24N2O2. The van der Waals surface area contributed by atoms with Crippen molar-refractivity contribution in [2.24, 2.45) is 11.3 Å². The Labute approximate surface area is 148 Å². The Balaban J connectivity index is 2.16. The first-order valence-corrected chi connectivity index (χ1v) is 8.82. The molecule has 25 heavy (non-hydrogen) atoms. The molecule has 0 amide bonds. The zero-order chi connectivity index (χ0) is 18.2. The van der Waals surface area contributed by atoms with Crippen LogP contribution in [-0.4, -0.2) is 17.1 Å². The fourth-order valence-corrected chi connectivity index (χ4v) is 3.61. The van der Waals surface area contributed by atoms with Gasteiger partial charge in [0.25, 0.3) is 0 Å². The molecule has 1 aliphatic rings. The molecule has 4 nitrogen and oxygen atoms in total. The molecule has 0 radical (unpaired) electrons. The van der Waals surface area contributed by atoms with Crippen molar-refractivity contribution in [3.63, 3.8) is 0 Å². The largest absolute Gasteiger partial charge is 0.444 e. The summed E-state index contributed by atoms with van der Waals surface area (Å²) in [6, 6.07) is 9.64. The highest BCUT2D eigenvalue weighted by molar-refractivity contribution is 6.05. The van der Waals surface area contributed by atoms with Gasteiger partial charge in [0.05, 0.1) is 11.1 Å². The van der Waals surface area contributed by atoms with Crippen molar-refractivity contribution < 1.29 is 9.53 Å². The lowest BCUT2D eigenvalue weighted by atomic mass is 9.70. The maximum atomic E-state index is 12.9. The van der Waals surface area contributed by atoms with Gasteiger partial charge in [-0.2, -0.15) is 5.26 Å². The SMILES string of the molecule is C[C@@H](C#N)OC(=O)c1c2c(nc3ccccc13)CC[C@@H](C(C)(C)C)C2. The number of esters is 1. The maximum absolute atomic E-state index is 12.9. The molecule has 2 atom stereocenters. The van der Waals surface area contributed by atoms with E-state index in [1.54, 1.807) is 6.92 Å². The molecule has 1 aromatic heterocycles. The lowest BCUT2D eigenvalue weighted by Crippen LogP contribution is -2.29. The molecule has 0 saturated carbocycles. The second-order valence-corrected chi connectivity index (χ2v) is 7.91. The van der Waals surface area contributed by atoms with E-state index in [2.05, 4.69) is 20.8 Å². The van der Waals surface area contributed by atoms with Crippen LogP contribution in [0.25, 0.3) is 10.9 Å². The molecule has 1 aromatic carbocycles. The number of carbonyl (C=O) groups is 1. The number of hydrogen-bond donors (Lipinski definition) is 0. The van der Waals surface area contributed by atoms with Crippen LogP contribution in [0.15, 0.2) is 24.3 Å². The Bertz CT molecular complexity index is 859. The van der Waals surface area contributed by atoms with Crippen molar-refractivity contribution >= 4 is 16.9 Å². The molecule has 0 bridgehead atoms. The van der Waals surface area contributed by atoms with Gasteiger partial charge in [-0.1, -0.05) is 39.0 Å². The van der Waals surface area contributed by atoms with E-state index in [1.165, 1.54) is 0 Å². The van der Waals surface area contributed by atoms with Gasteiger partial charge < -0.3 is 4.74 Å². The summed E-state index contributed by atoms with van der Waals surface area (Å²) in [6.07, 6.45) is 2.00. The fraction of sp³-hybridized carbons (Fsp3) is 0.476. The van der Waals surface area contributed by atoms with Gasteiger partial charge in [0.15, 0.2) is 6.10 Å². The van der Waals surface area contributed by atoms with E-state index >= 15 is 0 Å². The summed E-state index contributed by atoms with van der Waals surface area (Å²) >= 11 is 0. The number of para-hydroxylation sites is 1. The number of ether oxygens (including phenoxy) is 1. The molecule has 0 saturated heterocycles. The Morgan fingerprint density at radius 1 is 1.36 bits per heavy atom. The Morgan fingerprint density at radius 3 is 2.76 bits per heavy atom. The van der Waals surface area contributed by atoms with Crippen LogP contribution >= 0.6 is 0 Å². The van der Waals surface area contributed by atoms with Crippen molar-refractivity contribution in [1.29, 1.82) is 5.26 Å². The van der Waals surface area contributed by atoms with E-state index in [-0.39, 0.29) is 5.41 Å². The van der Waals surface area contributed by atoms with E-state index < -0.39 is 12.1 Å². The minimum Gasteiger partial charge on any atom is -0.444 e. The summed E-state index contributed by atoms with van der Waals surface area (Å²) in [6.45, 7) is 8.32. The molecule has 0 unspecified atom stereocenters. The predicted molar refractivity (Wildman–Crippen MR) is 97.2 cm³/mol. The number of fused-ring (bicyclic) bond motifs is 2. The van der Waals surface area contributed by atoms with Crippen molar-refractivity contribution in [1.82, 2.24) is 4.98 Å². The van der Waals surface area contributed by atoms with E-state index in [0.29, 0.717) is 11.5 Å². The highest BCUT2D eigenvalue weighted by Gasteiger charge is 2.33. The van der Waals surface area contributed by atoms with Gasteiger partial charge in [-0.15, -0.1) is 0 Å². The molecule has 0 aliphatic heterocycles. The maximum Gasteiger partial charge on any atom is 0.340 e. The number of pyridine rings is 1. The van der Waals surface area contributed by atoms with Crippen LogP contribution in [0.5, 0.6) is 0 Å². The zero-order valence-corrected chi connectivity index (χ0v) is 15.3. The zero-order valence-electron chi connectivity index (χ0n) is 15.3. The van der Waals surface area contributed by atoms with E-state index in [0.717, 1.165) is 41.4 Å². The fourth-order valence-electron chi connectivity index (χ4n) is 3.61. The van der Waals surface area contributed by atoms with Gasteiger partial charge in [0, 0.05) is 11.1 Å². The monoisotopic (exact) mass is 336 g/mol. The number of nitriles is 1. The summed E-state index contributed by atoms with van der Waals surface area (Å²) in [5.74, 6) is 0.0707. The van der Waals surface area contributed by atoms with Crippen LogP contribution in [0, 0.1) is 22.7 Å². The third kappa shape index (κ3) is 3.37. The number of hydrogen-bond acceptors (Lipinski definition) is 4. The van der Waals surface area contributed by atoms with Crippen LogP contribution in [0.4, 0.5) is 0 Å².